The van der Waals surface area contributed by atoms with E-state index in [1.54, 1.807) is 31.2 Å². The van der Waals surface area contributed by atoms with Crippen LogP contribution in [0.3, 0.4) is 0 Å². The van der Waals surface area contributed by atoms with Crippen LogP contribution < -0.4 is 15.6 Å². The Bertz CT molecular complexity index is 1040. The van der Waals surface area contributed by atoms with E-state index in [2.05, 4.69) is 10.4 Å². The summed E-state index contributed by atoms with van der Waals surface area (Å²) in [6.45, 7) is 1.79. The first-order valence-corrected chi connectivity index (χ1v) is 8.93. The molecule has 0 fully saturated rings. The van der Waals surface area contributed by atoms with Gasteiger partial charge in [0.15, 0.2) is 6.10 Å². The third-order valence-corrected chi connectivity index (χ3v) is 4.10. The van der Waals surface area contributed by atoms with Gasteiger partial charge in [0.05, 0.1) is 5.69 Å². The highest BCUT2D eigenvalue weighted by molar-refractivity contribution is 6.30. The number of hydrogen-bond acceptors (Lipinski definition) is 4. The number of carbonyl (C=O) groups excluding carboxylic acids is 1. The van der Waals surface area contributed by atoms with E-state index in [0.29, 0.717) is 22.8 Å². The fourth-order valence-corrected chi connectivity index (χ4v) is 2.67. The van der Waals surface area contributed by atoms with Crippen molar-refractivity contribution in [2.75, 3.05) is 5.32 Å². The monoisotopic (exact) mass is 401 g/mol. The van der Waals surface area contributed by atoms with Crippen LogP contribution in [0.15, 0.2) is 65.5 Å². The second kappa shape index (κ2) is 8.67. The van der Waals surface area contributed by atoms with Gasteiger partial charge in [0.1, 0.15) is 5.82 Å². The molecule has 2 aromatic carbocycles. The normalized spacial score (nSPS) is 11.7. The summed E-state index contributed by atoms with van der Waals surface area (Å²) in [7, 11) is 0. The predicted molar refractivity (Wildman–Crippen MR) is 105 cm³/mol. The molecule has 0 bridgehead atoms. The SMILES string of the molecule is CC[C@@H](Oc1ccc(=O)n(-c2ccc(F)cc2)n1)C(=O)Nc1cccc(Cl)c1. The van der Waals surface area contributed by atoms with Gasteiger partial charge in [-0.15, -0.1) is 5.10 Å². The van der Waals surface area contributed by atoms with Crippen molar-refractivity contribution >= 4 is 23.2 Å². The fourth-order valence-electron chi connectivity index (χ4n) is 2.48. The summed E-state index contributed by atoms with van der Waals surface area (Å²) < 4.78 is 19.9. The molecular weight excluding hydrogens is 385 g/mol. The Balaban J connectivity index is 1.79. The van der Waals surface area contributed by atoms with Crippen molar-refractivity contribution in [3.8, 4) is 11.6 Å². The number of benzene rings is 2. The molecule has 3 rings (SSSR count). The topological polar surface area (TPSA) is 73.2 Å². The zero-order valence-corrected chi connectivity index (χ0v) is 15.7. The Hall–Kier alpha value is -3.19. The van der Waals surface area contributed by atoms with Crippen LogP contribution in [0, 0.1) is 5.82 Å². The molecule has 28 heavy (non-hydrogen) atoms. The zero-order chi connectivity index (χ0) is 20.1. The van der Waals surface area contributed by atoms with Crippen LogP contribution >= 0.6 is 11.6 Å². The molecule has 1 aromatic heterocycles. The molecule has 1 N–H and O–H groups in total. The quantitative estimate of drug-likeness (QED) is 0.681. The van der Waals surface area contributed by atoms with Gasteiger partial charge < -0.3 is 10.1 Å². The highest BCUT2D eigenvalue weighted by Crippen LogP contribution is 2.17. The smallest absolute Gasteiger partial charge is 0.271 e. The summed E-state index contributed by atoms with van der Waals surface area (Å²) in [5.41, 5.74) is 0.521. The number of carbonyl (C=O) groups is 1. The van der Waals surface area contributed by atoms with Gasteiger partial charge >= 0.3 is 0 Å². The maximum Gasteiger partial charge on any atom is 0.271 e. The van der Waals surface area contributed by atoms with Gasteiger partial charge in [-0.05, 0) is 48.9 Å². The van der Waals surface area contributed by atoms with Gasteiger partial charge in [-0.2, -0.15) is 4.68 Å². The number of aromatic nitrogens is 2. The Morgan fingerprint density at radius 3 is 2.64 bits per heavy atom. The minimum atomic E-state index is -0.828. The Morgan fingerprint density at radius 1 is 1.21 bits per heavy atom. The van der Waals surface area contributed by atoms with Crippen molar-refractivity contribution in [3.05, 3.63) is 81.9 Å². The Morgan fingerprint density at radius 2 is 1.96 bits per heavy atom. The van der Waals surface area contributed by atoms with Gasteiger partial charge in [0.25, 0.3) is 11.5 Å². The number of anilines is 1. The molecule has 3 aromatic rings. The average molecular weight is 402 g/mol. The number of halogens is 2. The zero-order valence-electron chi connectivity index (χ0n) is 14.9. The highest BCUT2D eigenvalue weighted by atomic mass is 35.5. The molecule has 0 radical (unpaired) electrons. The van der Waals surface area contributed by atoms with E-state index in [1.165, 1.54) is 36.4 Å². The van der Waals surface area contributed by atoms with Crippen LogP contribution in [0.5, 0.6) is 5.88 Å². The first-order valence-electron chi connectivity index (χ1n) is 8.55. The number of amides is 1. The van der Waals surface area contributed by atoms with Gasteiger partial charge in [0, 0.05) is 22.8 Å². The van der Waals surface area contributed by atoms with Crippen LogP contribution in [0.1, 0.15) is 13.3 Å². The van der Waals surface area contributed by atoms with E-state index in [0.717, 1.165) is 4.68 Å². The van der Waals surface area contributed by atoms with Gasteiger partial charge in [-0.1, -0.05) is 24.6 Å². The van der Waals surface area contributed by atoms with Gasteiger partial charge in [-0.3, -0.25) is 9.59 Å². The van der Waals surface area contributed by atoms with Crippen LogP contribution in [0.4, 0.5) is 10.1 Å². The lowest BCUT2D eigenvalue weighted by Gasteiger charge is -2.17. The highest BCUT2D eigenvalue weighted by Gasteiger charge is 2.20. The molecular formula is C20H17ClFN3O3. The summed E-state index contributed by atoms with van der Waals surface area (Å²) in [5.74, 6) is -0.698. The molecule has 0 aliphatic rings. The van der Waals surface area contributed by atoms with E-state index in [-0.39, 0.29) is 11.8 Å². The molecule has 1 amide bonds. The molecule has 0 saturated heterocycles. The van der Waals surface area contributed by atoms with Crippen molar-refractivity contribution in [1.82, 2.24) is 9.78 Å². The van der Waals surface area contributed by atoms with Crippen molar-refractivity contribution < 1.29 is 13.9 Å². The van der Waals surface area contributed by atoms with Crippen LogP contribution in [0.2, 0.25) is 5.02 Å². The molecule has 144 valence electrons. The van der Waals surface area contributed by atoms with Crippen molar-refractivity contribution in [1.29, 1.82) is 0 Å². The lowest BCUT2D eigenvalue weighted by atomic mass is 10.2. The van der Waals surface area contributed by atoms with Gasteiger partial charge in [-0.25, -0.2) is 4.39 Å². The number of ether oxygens (including phenoxy) is 1. The van der Waals surface area contributed by atoms with Crippen LogP contribution in [-0.2, 0) is 4.79 Å². The second-order valence-corrected chi connectivity index (χ2v) is 6.35. The molecule has 0 aliphatic carbocycles. The van der Waals surface area contributed by atoms with E-state index < -0.39 is 17.5 Å². The number of nitrogens with zero attached hydrogens (tertiary/aromatic N) is 2. The summed E-state index contributed by atoms with van der Waals surface area (Å²) >= 11 is 5.92. The molecule has 6 nitrogen and oxygen atoms in total. The lowest BCUT2D eigenvalue weighted by molar-refractivity contribution is -0.123. The molecule has 1 heterocycles. The third kappa shape index (κ3) is 4.75. The van der Waals surface area contributed by atoms with Gasteiger partial charge in [0.2, 0.25) is 5.88 Å². The molecule has 1 atom stereocenters. The Kier molecular flexibility index (Phi) is 6.06. The summed E-state index contributed by atoms with van der Waals surface area (Å²) in [6.07, 6.45) is -0.449. The number of hydrogen-bond donors (Lipinski definition) is 1. The van der Waals surface area contributed by atoms with Crippen LogP contribution in [0.25, 0.3) is 5.69 Å². The average Bonchev–Trinajstić information content (AvgIpc) is 2.68. The van der Waals surface area contributed by atoms with E-state index in [1.807, 2.05) is 0 Å². The minimum Gasteiger partial charge on any atom is -0.463 e. The first-order chi connectivity index (χ1) is 13.5. The van der Waals surface area contributed by atoms with Crippen LogP contribution in [-0.4, -0.2) is 21.8 Å². The molecule has 0 saturated carbocycles. The maximum absolute atomic E-state index is 13.1. The summed E-state index contributed by atoms with van der Waals surface area (Å²) in [4.78, 5) is 24.6. The molecule has 0 spiro atoms. The van der Waals surface area contributed by atoms with Crippen molar-refractivity contribution in [2.24, 2.45) is 0 Å². The third-order valence-electron chi connectivity index (χ3n) is 3.87. The number of rotatable bonds is 6. The van der Waals surface area contributed by atoms with E-state index in [4.69, 9.17) is 16.3 Å². The minimum absolute atomic E-state index is 0.0945. The number of nitrogens with one attached hydrogen (secondary N) is 1. The predicted octanol–water partition coefficient (Wildman–Crippen LogP) is 3.82. The molecule has 8 heteroatoms. The van der Waals surface area contributed by atoms with Crippen molar-refractivity contribution in [3.63, 3.8) is 0 Å². The van der Waals surface area contributed by atoms with Crippen molar-refractivity contribution in [2.45, 2.75) is 19.4 Å². The van der Waals surface area contributed by atoms with E-state index >= 15 is 0 Å². The molecule has 0 unspecified atom stereocenters. The first kappa shape index (κ1) is 19.6. The second-order valence-electron chi connectivity index (χ2n) is 5.91. The fraction of sp³-hybridized carbons (Fsp3) is 0.150. The molecule has 0 aliphatic heterocycles. The van der Waals surface area contributed by atoms with E-state index in [9.17, 15) is 14.0 Å². The standard InChI is InChI=1S/C20H17ClFN3O3/c1-2-17(20(27)23-15-5-3-4-13(21)12-15)28-18-10-11-19(26)25(24-18)16-8-6-14(22)7-9-16/h3-12,17H,2H2,1H3,(H,23,27)/t17-/m1/s1. The largest absolute Gasteiger partial charge is 0.463 e. The Labute approximate surface area is 165 Å². The summed E-state index contributed by atoms with van der Waals surface area (Å²) in [5, 5.41) is 7.35. The maximum atomic E-state index is 13.1. The lowest BCUT2D eigenvalue weighted by Crippen LogP contribution is -2.33. The summed E-state index contributed by atoms with van der Waals surface area (Å²) in [6, 6.07) is 14.7.